The smallest absolute Gasteiger partial charge is 0.338 e. The van der Waals surface area contributed by atoms with Gasteiger partial charge in [0.15, 0.2) is 11.6 Å². The lowest BCUT2D eigenvalue weighted by atomic mass is 10.1. The molecule has 4 N–H and O–H groups in total. The van der Waals surface area contributed by atoms with Crippen molar-refractivity contribution in [3.8, 4) is 5.75 Å². The summed E-state index contributed by atoms with van der Waals surface area (Å²) in [5, 5.41) is 30.5. The molecule has 0 aliphatic heterocycles. The van der Waals surface area contributed by atoms with Crippen molar-refractivity contribution in [2.45, 2.75) is 27.2 Å². The maximum Gasteiger partial charge on any atom is 0.338 e. The van der Waals surface area contributed by atoms with Crippen LogP contribution in [0, 0.1) is 11.6 Å². The molecule has 0 saturated heterocycles. The zero-order chi connectivity index (χ0) is 24.1. The van der Waals surface area contributed by atoms with Gasteiger partial charge in [0.05, 0.1) is 17.6 Å². The SMILES string of the molecule is C/C=C(\SC(=C(C)CC)c1ccc(F)cc1)[N+](O)(O)Nc1ccc(C(=O)O)c(F)c1OC. The number of hydroxylamine groups is 2. The molecule has 0 aliphatic carbocycles. The second-order valence-corrected chi connectivity index (χ2v) is 7.76. The molecule has 0 aromatic heterocycles. The number of carboxylic acid groups (broad SMARTS) is 1. The van der Waals surface area contributed by atoms with Crippen LogP contribution in [0.15, 0.2) is 53.1 Å². The van der Waals surface area contributed by atoms with E-state index in [1.54, 1.807) is 19.1 Å². The van der Waals surface area contributed by atoms with Gasteiger partial charge in [-0.05, 0) is 67.9 Å². The summed E-state index contributed by atoms with van der Waals surface area (Å²) in [5.41, 5.74) is 3.14. The Labute approximate surface area is 188 Å². The number of hydrogen-bond acceptors (Lipinski definition) is 6. The minimum atomic E-state index is -1.87. The number of allylic oxidation sites excluding steroid dienone is 2. The first-order valence-corrected chi connectivity index (χ1v) is 10.4. The van der Waals surface area contributed by atoms with Gasteiger partial charge >= 0.3 is 5.97 Å². The second-order valence-electron chi connectivity index (χ2n) is 6.72. The maximum atomic E-state index is 14.5. The Morgan fingerprint density at radius 1 is 1.19 bits per heavy atom. The highest BCUT2D eigenvalue weighted by Gasteiger charge is 2.34. The van der Waals surface area contributed by atoms with Crippen LogP contribution in [0.3, 0.4) is 0 Å². The average Bonchev–Trinajstić information content (AvgIpc) is 2.74. The van der Waals surface area contributed by atoms with Crippen LogP contribution in [0.2, 0.25) is 0 Å². The third kappa shape index (κ3) is 5.65. The van der Waals surface area contributed by atoms with Crippen molar-refractivity contribution >= 4 is 28.3 Å². The van der Waals surface area contributed by atoms with Crippen LogP contribution in [0.25, 0.3) is 4.91 Å². The molecule has 0 aliphatic rings. The number of quaternary nitrogens is 1. The van der Waals surface area contributed by atoms with Crippen LogP contribution >= 0.6 is 11.8 Å². The molecular formula is C22H25F2N2O5S+. The van der Waals surface area contributed by atoms with Crippen molar-refractivity contribution in [3.63, 3.8) is 0 Å². The van der Waals surface area contributed by atoms with E-state index in [0.717, 1.165) is 36.6 Å². The molecule has 7 nitrogen and oxygen atoms in total. The Morgan fingerprint density at radius 2 is 1.81 bits per heavy atom. The van der Waals surface area contributed by atoms with Crippen LogP contribution in [0.5, 0.6) is 5.75 Å². The third-order valence-electron chi connectivity index (χ3n) is 4.59. The minimum absolute atomic E-state index is 0.00176. The first-order valence-electron chi connectivity index (χ1n) is 9.58. The van der Waals surface area contributed by atoms with Gasteiger partial charge in [0.25, 0.3) is 5.03 Å². The van der Waals surface area contributed by atoms with E-state index >= 15 is 0 Å². The second kappa shape index (κ2) is 10.6. The highest BCUT2D eigenvalue weighted by molar-refractivity contribution is 8.11. The summed E-state index contributed by atoms with van der Waals surface area (Å²) in [5.74, 6) is -3.54. The molecule has 32 heavy (non-hydrogen) atoms. The highest BCUT2D eigenvalue weighted by Crippen LogP contribution is 2.41. The number of rotatable bonds is 9. The Balaban J connectivity index is 2.42. The Morgan fingerprint density at radius 3 is 2.31 bits per heavy atom. The van der Waals surface area contributed by atoms with Crippen molar-refractivity contribution in [3.05, 3.63) is 75.8 Å². The summed E-state index contributed by atoms with van der Waals surface area (Å²) in [6, 6.07) is 7.94. The van der Waals surface area contributed by atoms with Crippen LogP contribution in [-0.4, -0.2) is 33.5 Å². The summed E-state index contributed by atoms with van der Waals surface area (Å²) in [6.07, 6.45) is 2.11. The molecule has 2 rings (SSSR count). The van der Waals surface area contributed by atoms with E-state index < -0.39 is 33.8 Å². The lowest BCUT2D eigenvalue weighted by Crippen LogP contribution is -2.44. The van der Waals surface area contributed by atoms with Gasteiger partial charge in [-0.3, -0.25) is 0 Å². The fraction of sp³-hybridized carbons (Fsp3) is 0.227. The Bertz CT molecular complexity index is 1050. The molecule has 0 atom stereocenters. The van der Waals surface area contributed by atoms with Gasteiger partial charge in [0, 0.05) is 4.91 Å². The lowest BCUT2D eigenvalue weighted by Gasteiger charge is -2.25. The van der Waals surface area contributed by atoms with Gasteiger partial charge in [-0.25, -0.2) is 13.6 Å². The number of ether oxygens (including phenoxy) is 1. The number of nitrogens with zero attached hydrogens (tertiary/aromatic N) is 1. The molecule has 2 aromatic rings. The fourth-order valence-corrected chi connectivity index (χ4v) is 3.87. The van der Waals surface area contributed by atoms with E-state index in [4.69, 9.17) is 9.84 Å². The van der Waals surface area contributed by atoms with E-state index in [1.807, 2.05) is 13.8 Å². The lowest BCUT2D eigenvalue weighted by molar-refractivity contribution is -1.20. The molecule has 2 aromatic carbocycles. The summed E-state index contributed by atoms with van der Waals surface area (Å²) in [7, 11) is 1.13. The van der Waals surface area contributed by atoms with Crippen molar-refractivity contribution in [1.82, 2.24) is 0 Å². The molecule has 0 fully saturated rings. The molecule has 172 valence electrons. The number of hydrogen-bond donors (Lipinski definition) is 4. The normalized spacial score (nSPS) is 12.9. The Kier molecular flexibility index (Phi) is 8.39. The maximum absolute atomic E-state index is 14.5. The van der Waals surface area contributed by atoms with Gasteiger partial charge in [-0.1, -0.05) is 24.6 Å². The van der Waals surface area contributed by atoms with E-state index in [2.05, 4.69) is 5.43 Å². The van der Waals surface area contributed by atoms with Gasteiger partial charge < -0.3 is 9.84 Å². The standard InChI is InChI=1S/C22H24F2N2O5S/c1-5-13(3)21(14-7-9-15(23)10-8-14)32-18(6-2)26(29,30)25-17-12-11-16(22(27)28)19(24)20(17)31-4/h6-12,25,29-30H,5H2,1-4H3/p+1/b18-6-,21-13?. The molecule has 0 saturated carbocycles. The summed E-state index contributed by atoms with van der Waals surface area (Å²) < 4.78 is 32.8. The number of nitrogens with one attached hydrogen (secondary N) is 1. The quantitative estimate of drug-likeness (QED) is 0.264. The molecule has 0 radical (unpaired) electrons. The van der Waals surface area contributed by atoms with Crippen molar-refractivity contribution in [2.24, 2.45) is 0 Å². The number of carboxylic acids is 1. The summed E-state index contributed by atoms with van der Waals surface area (Å²) >= 11 is 1.03. The molecule has 0 bridgehead atoms. The van der Waals surface area contributed by atoms with Crippen molar-refractivity contribution < 1.29 is 38.8 Å². The number of carbonyl (C=O) groups is 1. The first kappa shape index (κ1) is 25.3. The average molecular weight is 468 g/mol. The Hall–Kier alpha value is -2.92. The number of benzene rings is 2. The first-order chi connectivity index (χ1) is 15.0. The molecule has 10 heteroatoms. The fourth-order valence-electron chi connectivity index (χ4n) is 2.79. The molecule has 0 unspecified atom stereocenters. The number of anilines is 1. The van der Waals surface area contributed by atoms with E-state index in [1.165, 1.54) is 18.2 Å². The van der Waals surface area contributed by atoms with Crippen LogP contribution in [0.1, 0.15) is 43.1 Å². The van der Waals surface area contributed by atoms with Crippen LogP contribution in [0.4, 0.5) is 14.5 Å². The van der Waals surface area contributed by atoms with Gasteiger partial charge in [-0.15, -0.1) is 10.4 Å². The topological polar surface area (TPSA) is 99.0 Å². The number of methoxy groups -OCH3 is 1. The third-order valence-corrected chi connectivity index (χ3v) is 6.08. The van der Waals surface area contributed by atoms with Crippen molar-refractivity contribution in [2.75, 3.05) is 12.5 Å². The highest BCUT2D eigenvalue weighted by atomic mass is 32.2. The van der Waals surface area contributed by atoms with Crippen LogP contribution < -0.4 is 10.2 Å². The predicted molar refractivity (Wildman–Crippen MR) is 118 cm³/mol. The zero-order valence-corrected chi connectivity index (χ0v) is 18.8. The molecular weight excluding hydrogens is 442 g/mol. The predicted octanol–water partition coefficient (Wildman–Crippen LogP) is 6.03. The largest absolute Gasteiger partial charge is 0.491 e. The number of thioether (sulfide) groups is 1. The van der Waals surface area contributed by atoms with E-state index in [0.29, 0.717) is 16.9 Å². The minimum Gasteiger partial charge on any atom is -0.491 e. The molecule has 0 spiro atoms. The van der Waals surface area contributed by atoms with Crippen molar-refractivity contribution in [1.29, 1.82) is 0 Å². The number of aromatic carboxylic acids is 1. The summed E-state index contributed by atoms with van der Waals surface area (Å²) in [6.45, 7) is 5.39. The summed E-state index contributed by atoms with van der Waals surface area (Å²) in [4.78, 5) is 9.97. The van der Waals surface area contributed by atoms with E-state index in [-0.39, 0.29) is 10.7 Å². The van der Waals surface area contributed by atoms with Gasteiger partial charge in [0.2, 0.25) is 0 Å². The monoisotopic (exact) mass is 467 g/mol. The zero-order valence-electron chi connectivity index (χ0n) is 18.0. The number of halogens is 2. The van der Waals surface area contributed by atoms with E-state index in [9.17, 15) is 24.0 Å². The molecule has 0 amide bonds. The molecule has 0 heterocycles. The van der Waals surface area contributed by atoms with Crippen LogP contribution in [-0.2, 0) is 0 Å². The van der Waals surface area contributed by atoms with Gasteiger partial charge in [-0.2, -0.15) is 5.43 Å². The van der Waals surface area contributed by atoms with Gasteiger partial charge in [0.1, 0.15) is 11.5 Å².